The molecule has 2 heterocycles. The zero-order chi connectivity index (χ0) is 17.8. The van der Waals surface area contributed by atoms with E-state index in [9.17, 15) is 9.59 Å². The average Bonchev–Trinajstić information content (AvgIpc) is 3.34. The highest BCUT2D eigenvalue weighted by molar-refractivity contribution is 6.23. The molecular weight excluding hydrogens is 326 g/mol. The van der Waals surface area contributed by atoms with E-state index in [1.165, 1.54) is 4.90 Å². The third-order valence-corrected chi connectivity index (χ3v) is 6.03. The molecule has 130 valence electrons. The van der Waals surface area contributed by atoms with Crippen molar-refractivity contribution in [1.29, 1.82) is 0 Å². The lowest BCUT2D eigenvalue weighted by Crippen LogP contribution is -2.32. The van der Waals surface area contributed by atoms with Crippen molar-refractivity contribution in [2.24, 2.45) is 23.7 Å². The number of benzene rings is 1. The van der Waals surface area contributed by atoms with E-state index in [2.05, 4.69) is 16.4 Å². The Kier molecular flexibility index (Phi) is 3.26. The predicted octanol–water partition coefficient (Wildman–Crippen LogP) is 2.96. The van der Waals surface area contributed by atoms with E-state index >= 15 is 0 Å². The Morgan fingerprint density at radius 2 is 1.85 bits per heavy atom. The Bertz CT molecular complexity index is 937. The Balaban J connectivity index is 1.54. The summed E-state index contributed by atoms with van der Waals surface area (Å²) in [5, 5.41) is 3.20. The third kappa shape index (κ3) is 1.94. The number of carbonyl (C=O) groups is 2. The van der Waals surface area contributed by atoms with Gasteiger partial charge in [0.2, 0.25) is 11.8 Å². The predicted molar refractivity (Wildman–Crippen MR) is 99.3 cm³/mol. The molecular formula is C21H19N3O2. The SMILES string of the molecule is CNc1ccncc1C1=CC2CC1[C@H]1C(=O)N(c3ccccc3)C(=O)[C@@H]21. The monoisotopic (exact) mass is 345 g/mol. The van der Waals surface area contributed by atoms with Gasteiger partial charge in [0, 0.05) is 30.7 Å². The fraction of sp³-hybridized carbons (Fsp3) is 0.286. The summed E-state index contributed by atoms with van der Waals surface area (Å²) in [5.74, 6) is -0.349. The molecule has 2 fully saturated rings. The van der Waals surface area contributed by atoms with E-state index in [0.29, 0.717) is 5.69 Å². The summed E-state index contributed by atoms with van der Waals surface area (Å²) >= 11 is 0. The lowest BCUT2D eigenvalue weighted by atomic mass is 9.79. The van der Waals surface area contributed by atoms with Gasteiger partial charge in [-0.2, -0.15) is 0 Å². The van der Waals surface area contributed by atoms with Crippen molar-refractivity contribution in [3.05, 3.63) is 60.4 Å². The molecule has 2 amide bonds. The van der Waals surface area contributed by atoms with Gasteiger partial charge in [-0.3, -0.25) is 19.5 Å². The lowest BCUT2D eigenvalue weighted by molar-refractivity contribution is -0.123. The van der Waals surface area contributed by atoms with E-state index in [-0.39, 0.29) is 35.5 Å². The molecule has 26 heavy (non-hydrogen) atoms. The largest absolute Gasteiger partial charge is 0.388 e. The highest BCUT2D eigenvalue weighted by atomic mass is 16.2. The van der Waals surface area contributed by atoms with E-state index in [1.807, 2.05) is 49.6 Å². The normalized spacial score (nSPS) is 29.1. The second kappa shape index (κ2) is 5.53. The van der Waals surface area contributed by atoms with Crippen LogP contribution in [0.15, 0.2) is 54.9 Å². The molecule has 2 unspecified atom stereocenters. The van der Waals surface area contributed by atoms with Crippen molar-refractivity contribution >= 4 is 28.8 Å². The number of nitrogens with zero attached hydrogens (tertiary/aromatic N) is 2. The number of amides is 2. The van der Waals surface area contributed by atoms with Gasteiger partial charge in [0.1, 0.15) is 0 Å². The van der Waals surface area contributed by atoms with Crippen LogP contribution in [0.3, 0.4) is 0 Å². The smallest absolute Gasteiger partial charge is 0.238 e. The molecule has 0 spiro atoms. The highest BCUT2D eigenvalue weighted by Gasteiger charge is 2.61. The van der Waals surface area contributed by atoms with Crippen LogP contribution in [-0.4, -0.2) is 23.8 Å². The molecule has 1 saturated heterocycles. The summed E-state index contributed by atoms with van der Waals surface area (Å²) in [6.45, 7) is 0. The van der Waals surface area contributed by atoms with Gasteiger partial charge in [0.15, 0.2) is 0 Å². The Labute approximate surface area is 151 Å². The molecule has 1 saturated carbocycles. The van der Waals surface area contributed by atoms with Crippen LogP contribution in [0, 0.1) is 23.7 Å². The first kappa shape index (κ1) is 15.3. The molecule has 1 N–H and O–H groups in total. The number of carbonyl (C=O) groups excluding carboxylic acids is 2. The summed E-state index contributed by atoms with van der Waals surface area (Å²) in [6, 6.07) is 11.2. The molecule has 2 aromatic rings. The van der Waals surface area contributed by atoms with Gasteiger partial charge in [-0.1, -0.05) is 24.3 Å². The Morgan fingerprint density at radius 1 is 1.08 bits per heavy atom. The number of hydrogen-bond acceptors (Lipinski definition) is 4. The number of fused-ring (bicyclic) bond motifs is 5. The first-order valence-electron chi connectivity index (χ1n) is 8.97. The molecule has 5 nitrogen and oxygen atoms in total. The van der Waals surface area contributed by atoms with Crippen molar-refractivity contribution in [2.45, 2.75) is 6.42 Å². The van der Waals surface area contributed by atoms with E-state index in [4.69, 9.17) is 0 Å². The van der Waals surface area contributed by atoms with Crippen LogP contribution in [0.4, 0.5) is 11.4 Å². The van der Waals surface area contributed by atoms with Gasteiger partial charge in [-0.25, -0.2) is 0 Å². The molecule has 2 aliphatic carbocycles. The van der Waals surface area contributed by atoms with Crippen molar-refractivity contribution < 1.29 is 9.59 Å². The molecule has 0 radical (unpaired) electrons. The van der Waals surface area contributed by atoms with Crippen molar-refractivity contribution in [3.63, 3.8) is 0 Å². The van der Waals surface area contributed by atoms with E-state index in [0.717, 1.165) is 23.2 Å². The van der Waals surface area contributed by atoms with Crippen LogP contribution in [0.2, 0.25) is 0 Å². The summed E-state index contributed by atoms with van der Waals surface area (Å²) in [7, 11) is 1.89. The fourth-order valence-electron chi connectivity index (χ4n) is 4.98. The standard InChI is InChI=1S/C21H19N3O2/c1-22-17-7-8-23-11-16(17)14-9-12-10-15(14)19-18(12)20(25)24(21(19)26)13-5-3-2-4-6-13/h2-9,11-12,15,18-19H,10H2,1H3,(H,22,23)/t12?,15?,18-,19+/m0/s1. The van der Waals surface area contributed by atoms with Crippen LogP contribution in [0.5, 0.6) is 0 Å². The number of anilines is 2. The van der Waals surface area contributed by atoms with Gasteiger partial charge in [-0.05, 0) is 42.0 Å². The van der Waals surface area contributed by atoms with Crippen LogP contribution >= 0.6 is 0 Å². The second-order valence-electron chi connectivity index (χ2n) is 7.20. The van der Waals surface area contributed by atoms with E-state index in [1.54, 1.807) is 6.20 Å². The summed E-state index contributed by atoms with van der Waals surface area (Å²) in [6.07, 6.45) is 6.68. The topological polar surface area (TPSA) is 62.3 Å². The average molecular weight is 345 g/mol. The minimum atomic E-state index is -0.252. The second-order valence-corrected chi connectivity index (χ2v) is 7.20. The Morgan fingerprint density at radius 3 is 2.62 bits per heavy atom. The molecule has 1 aromatic carbocycles. The fourth-order valence-corrected chi connectivity index (χ4v) is 4.98. The first-order chi connectivity index (χ1) is 12.7. The molecule has 1 aliphatic heterocycles. The van der Waals surface area contributed by atoms with Crippen molar-refractivity contribution in [1.82, 2.24) is 4.98 Å². The van der Waals surface area contributed by atoms with Crippen LogP contribution in [0.1, 0.15) is 12.0 Å². The number of aromatic nitrogens is 1. The van der Waals surface area contributed by atoms with Crippen LogP contribution in [-0.2, 0) is 9.59 Å². The summed E-state index contributed by atoms with van der Waals surface area (Å²) in [5.41, 5.74) is 3.88. The number of allylic oxidation sites excluding steroid dienone is 2. The van der Waals surface area contributed by atoms with Crippen molar-refractivity contribution in [2.75, 3.05) is 17.3 Å². The molecule has 3 aliphatic rings. The quantitative estimate of drug-likeness (QED) is 0.869. The Hall–Kier alpha value is -2.95. The maximum absolute atomic E-state index is 13.2. The summed E-state index contributed by atoms with van der Waals surface area (Å²) in [4.78, 5) is 31.8. The number of pyridine rings is 1. The first-order valence-corrected chi connectivity index (χ1v) is 8.97. The minimum absolute atomic E-state index is 0.0472. The number of nitrogens with one attached hydrogen (secondary N) is 1. The molecule has 4 atom stereocenters. The van der Waals surface area contributed by atoms with Gasteiger partial charge in [-0.15, -0.1) is 0 Å². The van der Waals surface area contributed by atoms with Crippen LogP contribution in [0.25, 0.3) is 5.57 Å². The maximum atomic E-state index is 13.2. The number of hydrogen-bond donors (Lipinski definition) is 1. The number of para-hydroxylation sites is 1. The number of imide groups is 1. The molecule has 5 rings (SSSR count). The zero-order valence-corrected chi connectivity index (χ0v) is 14.4. The van der Waals surface area contributed by atoms with E-state index < -0.39 is 0 Å². The van der Waals surface area contributed by atoms with Gasteiger partial charge in [0.05, 0.1) is 17.5 Å². The third-order valence-electron chi connectivity index (χ3n) is 6.03. The van der Waals surface area contributed by atoms with Crippen LogP contribution < -0.4 is 10.2 Å². The summed E-state index contributed by atoms with van der Waals surface area (Å²) < 4.78 is 0. The molecule has 5 heteroatoms. The van der Waals surface area contributed by atoms with Crippen molar-refractivity contribution in [3.8, 4) is 0 Å². The van der Waals surface area contributed by atoms with Gasteiger partial charge < -0.3 is 5.32 Å². The van der Waals surface area contributed by atoms with Gasteiger partial charge in [0.25, 0.3) is 0 Å². The highest BCUT2D eigenvalue weighted by Crippen LogP contribution is 2.58. The lowest BCUT2D eigenvalue weighted by Gasteiger charge is -2.23. The number of rotatable bonds is 3. The molecule has 1 aromatic heterocycles. The molecule has 2 bridgehead atoms. The van der Waals surface area contributed by atoms with Gasteiger partial charge >= 0.3 is 0 Å². The maximum Gasteiger partial charge on any atom is 0.238 e. The minimum Gasteiger partial charge on any atom is -0.388 e. The zero-order valence-electron chi connectivity index (χ0n) is 14.4.